The van der Waals surface area contributed by atoms with Crippen molar-refractivity contribution >= 4 is 17.7 Å². The maximum Gasteiger partial charge on any atom is 0.253 e. The van der Waals surface area contributed by atoms with Gasteiger partial charge in [-0.05, 0) is 12.1 Å². The fourth-order valence-corrected chi connectivity index (χ4v) is 0.947. The highest BCUT2D eigenvalue weighted by Crippen LogP contribution is 2.17. The summed E-state index contributed by atoms with van der Waals surface area (Å²) in [6.07, 6.45) is 1.40. The van der Waals surface area contributed by atoms with Gasteiger partial charge >= 0.3 is 0 Å². The molecule has 0 bridgehead atoms. The lowest BCUT2D eigenvalue weighted by molar-refractivity contribution is 0.0964. The molecule has 0 saturated carbocycles. The first-order valence-corrected chi connectivity index (χ1v) is 3.68. The highest BCUT2D eigenvalue weighted by molar-refractivity contribution is 5.99. The highest BCUT2D eigenvalue weighted by atomic mass is 16.1. The summed E-state index contributed by atoms with van der Waals surface area (Å²) in [6.45, 7) is 0. The van der Waals surface area contributed by atoms with Crippen molar-refractivity contribution in [1.29, 1.82) is 0 Å². The Bertz CT molecular complexity index is 368. The van der Waals surface area contributed by atoms with E-state index in [1.54, 1.807) is 24.3 Å². The molecule has 1 aromatic carbocycles. The average Bonchev–Trinajstić information content (AvgIpc) is 2.18. The standard InChI is InChI=1S/C9H8N2O2/c1-10-9(13)7-4-2-3-5-8(7)11-6-12/h2-5H,1H3,(H,10,13). The number of rotatable bonds is 2. The molecule has 4 nitrogen and oxygen atoms in total. The highest BCUT2D eigenvalue weighted by Gasteiger charge is 2.07. The number of hydrogen-bond acceptors (Lipinski definition) is 3. The molecule has 0 spiro atoms. The Balaban J connectivity index is 3.18. The number of nitrogens with zero attached hydrogens (tertiary/aromatic N) is 1. The molecule has 0 fully saturated rings. The molecule has 0 saturated heterocycles. The van der Waals surface area contributed by atoms with Gasteiger partial charge in [-0.2, -0.15) is 4.99 Å². The summed E-state index contributed by atoms with van der Waals surface area (Å²) < 4.78 is 0. The second-order valence-corrected chi connectivity index (χ2v) is 2.30. The molecule has 0 aliphatic heterocycles. The second-order valence-electron chi connectivity index (χ2n) is 2.30. The van der Waals surface area contributed by atoms with E-state index in [1.807, 2.05) is 0 Å². The van der Waals surface area contributed by atoms with Gasteiger partial charge in [0.25, 0.3) is 5.91 Å². The fourth-order valence-electron chi connectivity index (χ4n) is 0.947. The molecule has 0 aliphatic rings. The number of hydrogen-bond donors (Lipinski definition) is 1. The molecule has 0 aromatic heterocycles. The molecule has 0 unspecified atom stereocenters. The van der Waals surface area contributed by atoms with Crippen LogP contribution in [0.2, 0.25) is 0 Å². The van der Waals surface area contributed by atoms with Crippen LogP contribution in [0.25, 0.3) is 0 Å². The zero-order chi connectivity index (χ0) is 9.68. The van der Waals surface area contributed by atoms with E-state index < -0.39 is 0 Å². The van der Waals surface area contributed by atoms with Crippen molar-refractivity contribution < 1.29 is 9.59 Å². The minimum absolute atomic E-state index is 0.269. The van der Waals surface area contributed by atoms with Crippen LogP contribution in [0.15, 0.2) is 29.3 Å². The van der Waals surface area contributed by atoms with Gasteiger partial charge in [0.05, 0.1) is 11.3 Å². The third kappa shape index (κ3) is 2.01. The van der Waals surface area contributed by atoms with Gasteiger partial charge in [0.2, 0.25) is 6.08 Å². The predicted octanol–water partition coefficient (Wildman–Crippen LogP) is 1.01. The number of aliphatic imine (C=N–C) groups is 1. The van der Waals surface area contributed by atoms with E-state index in [0.29, 0.717) is 11.3 Å². The molecule has 1 rings (SSSR count). The quantitative estimate of drug-likeness (QED) is 0.540. The first kappa shape index (κ1) is 9.16. The van der Waals surface area contributed by atoms with E-state index in [2.05, 4.69) is 10.3 Å². The number of benzene rings is 1. The third-order valence-corrected chi connectivity index (χ3v) is 1.54. The summed E-state index contributed by atoms with van der Waals surface area (Å²) in [5.74, 6) is -0.269. The first-order chi connectivity index (χ1) is 6.29. The number of carbonyl (C=O) groups excluding carboxylic acids is 2. The summed E-state index contributed by atoms with van der Waals surface area (Å²) in [5, 5.41) is 2.45. The van der Waals surface area contributed by atoms with E-state index in [-0.39, 0.29) is 5.91 Å². The smallest absolute Gasteiger partial charge is 0.253 e. The molecule has 1 aromatic rings. The van der Waals surface area contributed by atoms with Gasteiger partial charge in [-0.3, -0.25) is 4.79 Å². The van der Waals surface area contributed by atoms with Crippen LogP contribution in [0.3, 0.4) is 0 Å². The number of carbonyl (C=O) groups is 1. The van der Waals surface area contributed by atoms with Gasteiger partial charge < -0.3 is 5.32 Å². The monoisotopic (exact) mass is 176 g/mol. The summed E-state index contributed by atoms with van der Waals surface area (Å²) in [5.41, 5.74) is 0.699. The van der Waals surface area contributed by atoms with Crippen LogP contribution in [-0.2, 0) is 4.79 Å². The van der Waals surface area contributed by atoms with Crippen molar-refractivity contribution in [3.05, 3.63) is 29.8 Å². The lowest BCUT2D eigenvalue weighted by atomic mass is 10.2. The average molecular weight is 176 g/mol. The zero-order valence-electron chi connectivity index (χ0n) is 7.07. The summed E-state index contributed by atoms with van der Waals surface area (Å²) in [6, 6.07) is 6.57. The second kappa shape index (κ2) is 4.18. The Kier molecular flexibility index (Phi) is 2.95. The summed E-state index contributed by atoms with van der Waals surface area (Å²) >= 11 is 0. The van der Waals surface area contributed by atoms with Crippen molar-refractivity contribution in [1.82, 2.24) is 5.32 Å². The Morgan fingerprint density at radius 1 is 1.46 bits per heavy atom. The van der Waals surface area contributed by atoms with Crippen LogP contribution in [0.5, 0.6) is 0 Å². The van der Waals surface area contributed by atoms with Crippen LogP contribution in [0.4, 0.5) is 5.69 Å². The van der Waals surface area contributed by atoms with Gasteiger partial charge in [-0.25, -0.2) is 4.79 Å². The van der Waals surface area contributed by atoms with Crippen molar-refractivity contribution in [2.45, 2.75) is 0 Å². The molecule has 13 heavy (non-hydrogen) atoms. The minimum Gasteiger partial charge on any atom is -0.355 e. The lowest BCUT2D eigenvalue weighted by Crippen LogP contribution is -2.17. The number of amides is 1. The normalized spacial score (nSPS) is 8.69. The van der Waals surface area contributed by atoms with E-state index in [9.17, 15) is 9.59 Å². The van der Waals surface area contributed by atoms with Crippen LogP contribution in [0.1, 0.15) is 10.4 Å². The Morgan fingerprint density at radius 2 is 2.15 bits per heavy atom. The number of isocyanates is 1. The van der Waals surface area contributed by atoms with E-state index in [4.69, 9.17) is 0 Å². The Hall–Kier alpha value is -1.93. The fraction of sp³-hybridized carbons (Fsp3) is 0.111. The van der Waals surface area contributed by atoms with Crippen molar-refractivity contribution in [2.75, 3.05) is 7.05 Å². The van der Waals surface area contributed by atoms with Crippen LogP contribution < -0.4 is 5.32 Å². The first-order valence-electron chi connectivity index (χ1n) is 3.68. The van der Waals surface area contributed by atoms with E-state index >= 15 is 0 Å². The molecular weight excluding hydrogens is 168 g/mol. The van der Waals surface area contributed by atoms with Crippen LogP contribution >= 0.6 is 0 Å². The molecule has 4 heteroatoms. The minimum atomic E-state index is -0.269. The maximum atomic E-state index is 11.2. The SMILES string of the molecule is CNC(=O)c1ccccc1N=C=O. The van der Waals surface area contributed by atoms with Gasteiger partial charge in [0.15, 0.2) is 0 Å². The molecule has 1 N–H and O–H groups in total. The molecule has 0 aliphatic carbocycles. The lowest BCUT2D eigenvalue weighted by Gasteiger charge is -2.00. The predicted molar refractivity (Wildman–Crippen MR) is 47.6 cm³/mol. The summed E-state index contributed by atoms with van der Waals surface area (Å²) in [7, 11) is 1.52. The van der Waals surface area contributed by atoms with Crippen molar-refractivity contribution in [3.8, 4) is 0 Å². The number of nitrogens with one attached hydrogen (secondary N) is 1. The number of para-hydroxylation sites is 1. The largest absolute Gasteiger partial charge is 0.355 e. The van der Waals surface area contributed by atoms with Gasteiger partial charge in [-0.15, -0.1) is 0 Å². The molecule has 1 amide bonds. The molecule has 66 valence electrons. The van der Waals surface area contributed by atoms with Crippen molar-refractivity contribution in [2.24, 2.45) is 4.99 Å². The third-order valence-electron chi connectivity index (χ3n) is 1.54. The van der Waals surface area contributed by atoms with Crippen LogP contribution in [-0.4, -0.2) is 19.0 Å². The molecule has 0 radical (unpaired) electrons. The van der Waals surface area contributed by atoms with Crippen LogP contribution in [0, 0.1) is 0 Å². The maximum absolute atomic E-state index is 11.2. The Morgan fingerprint density at radius 3 is 2.77 bits per heavy atom. The molecular formula is C9H8N2O2. The molecule has 0 atom stereocenters. The van der Waals surface area contributed by atoms with E-state index in [1.165, 1.54) is 13.1 Å². The Labute approximate surface area is 75.3 Å². The van der Waals surface area contributed by atoms with Gasteiger partial charge in [-0.1, -0.05) is 12.1 Å². The van der Waals surface area contributed by atoms with Gasteiger partial charge in [0, 0.05) is 7.05 Å². The summed E-state index contributed by atoms with van der Waals surface area (Å²) in [4.78, 5) is 24.6. The van der Waals surface area contributed by atoms with E-state index in [0.717, 1.165) is 0 Å². The van der Waals surface area contributed by atoms with Gasteiger partial charge in [0.1, 0.15) is 0 Å². The topological polar surface area (TPSA) is 58.5 Å². The zero-order valence-corrected chi connectivity index (χ0v) is 7.07. The van der Waals surface area contributed by atoms with Crippen molar-refractivity contribution in [3.63, 3.8) is 0 Å². The molecule has 0 heterocycles.